The Labute approximate surface area is 168 Å². The van der Waals surface area contributed by atoms with Crippen LogP contribution in [0.4, 0.5) is 10.2 Å². The smallest absolute Gasteiger partial charge is 0.172 e. The number of nitrogens with zero attached hydrogens (tertiary/aromatic N) is 2. The average Bonchev–Trinajstić information content (AvgIpc) is 2.97. The lowest BCUT2D eigenvalue weighted by molar-refractivity contribution is 0.581. The molecule has 2 aromatic carbocycles. The minimum absolute atomic E-state index is 0.0617. The zero-order valence-electron chi connectivity index (χ0n) is 15.0. The zero-order valence-corrected chi connectivity index (χ0v) is 16.6. The number of rotatable bonds is 5. The Morgan fingerprint density at radius 1 is 1.22 bits per heavy atom. The Bertz CT molecular complexity index is 922. The fourth-order valence-corrected chi connectivity index (χ4v) is 3.24. The summed E-state index contributed by atoms with van der Waals surface area (Å²) in [6.07, 6.45) is 0. The Balaban J connectivity index is 1.67. The van der Waals surface area contributed by atoms with Crippen molar-refractivity contribution in [2.75, 3.05) is 5.32 Å². The lowest BCUT2D eigenvalue weighted by atomic mass is 10.1. The average molecular weight is 403 g/mol. The van der Waals surface area contributed by atoms with Crippen molar-refractivity contribution in [2.45, 2.75) is 26.4 Å². The highest BCUT2D eigenvalue weighted by Gasteiger charge is 2.12. The molecule has 0 saturated heterocycles. The van der Waals surface area contributed by atoms with E-state index in [9.17, 15) is 4.39 Å². The molecule has 4 nitrogen and oxygen atoms in total. The molecule has 0 aliphatic carbocycles. The van der Waals surface area contributed by atoms with Gasteiger partial charge in [-0.1, -0.05) is 48.0 Å². The monoisotopic (exact) mass is 402 g/mol. The molecule has 3 aromatic rings. The van der Waals surface area contributed by atoms with E-state index < -0.39 is 0 Å². The Kier molecular flexibility index (Phi) is 6.08. The number of anilines is 1. The Morgan fingerprint density at radius 2 is 1.96 bits per heavy atom. The van der Waals surface area contributed by atoms with E-state index in [2.05, 4.69) is 15.7 Å². The molecule has 0 spiro atoms. The van der Waals surface area contributed by atoms with Gasteiger partial charge >= 0.3 is 0 Å². The second-order valence-corrected chi connectivity index (χ2v) is 7.08. The van der Waals surface area contributed by atoms with Gasteiger partial charge < -0.3 is 10.6 Å². The van der Waals surface area contributed by atoms with E-state index in [-0.39, 0.29) is 18.4 Å². The summed E-state index contributed by atoms with van der Waals surface area (Å²) in [5.74, 6) is 0.249. The minimum atomic E-state index is -0.346. The fourth-order valence-electron chi connectivity index (χ4n) is 2.74. The van der Waals surface area contributed by atoms with Crippen LogP contribution in [0, 0.1) is 12.7 Å². The van der Waals surface area contributed by atoms with Gasteiger partial charge in [0.2, 0.25) is 0 Å². The lowest BCUT2D eigenvalue weighted by Crippen LogP contribution is -2.31. The summed E-state index contributed by atoms with van der Waals surface area (Å²) in [4.78, 5) is 0. The SMILES string of the molecule is Cc1cc(NC(=S)NC(C)c2ccccc2)nn1Cc1c(F)cccc1Cl. The molecule has 3 rings (SSSR count). The molecule has 0 fully saturated rings. The van der Waals surface area contributed by atoms with Gasteiger partial charge in [0, 0.05) is 22.3 Å². The van der Waals surface area contributed by atoms with Crippen LogP contribution in [0.5, 0.6) is 0 Å². The van der Waals surface area contributed by atoms with E-state index >= 15 is 0 Å². The molecule has 0 bridgehead atoms. The maximum absolute atomic E-state index is 14.0. The van der Waals surface area contributed by atoms with Crippen LogP contribution in [-0.2, 0) is 6.54 Å². The van der Waals surface area contributed by atoms with E-state index in [0.29, 0.717) is 21.5 Å². The molecular formula is C20H20ClFN4S. The number of benzene rings is 2. The van der Waals surface area contributed by atoms with Crippen LogP contribution in [0.1, 0.15) is 29.8 Å². The first kappa shape index (κ1) is 19.3. The molecule has 1 heterocycles. The minimum Gasteiger partial charge on any atom is -0.356 e. The van der Waals surface area contributed by atoms with Gasteiger partial charge in [-0.2, -0.15) is 5.10 Å². The second kappa shape index (κ2) is 8.50. The predicted octanol–water partition coefficient (Wildman–Crippen LogP) is 5.08. The molecule has 0 amide bonds. The number of aryl methyl sites for hydroxylation is 1. The number of aromatic nitrogens is 2. The molecule has 27 heavy (non-hydrogen) atoms. The van der Waals surface area contributed by atoms with Gasteiger partial charge in [0.25, 0.3) is 0 Å². The molecule has 1 unspecified atom stereocenters. The van der Waals surface area contributed by atoms with E-state index in [1.54, 1.807) is 16.8 Å². The summed E-state index contributed by atoms with van der Waals surface area (Å²) < 4.78 is 15.7. The third-order valence-electron chi connectivity index (χ3n) is 4.24. The van der Waals surface area contributed by atoms with E-state index in [1.807, 2.05) is 50.2 Å². The van der Waals surface area contributed by atoms with Gasteiger partial charge in [-0.25, -0.2) is 4.39 Å². The van der Waals surface area contributed by atoms with Gasteiger partial charge in [-0.3, -0.25) is 4.68 Å². The van der Waals surface area contributed by atoms with Crippen molar-refractivity contribution in [1.29, 1.82) is 0 Å². The standard InChI is InChI=1S/C20H20ClFN4S/c1-13-11-19(24-20(27)23-14(2)15-7-4-3-5-8-15)25-26(13)12-16-17(21)9-6-10-18(16)22/h3-11,14H,12H2,1-2H3,(H2,23,24,25,27). The van der Waals surface area contributed by atoms with Crippen LogP contribution in [-0.4, -0.2) is 14.9 Å². The van der Waals surface area contributed by atoms with Gasteiger partial charge in [-0.15, -0.1) is 0 Å². The third kappa shape index (κ3) is 4.84. The summed E-state index contributed by atoms with van der Waals surface area (Å²) in [5, 5.41) is 11.6. The number of nitrogens with one attached hydrogen (secondary N) is 2. The summed E-state index contributed by atoms with van der Waals surface area (Å²) in [7, 11) is 0. The maximum Gasteiger partial charge on any atom is 0.172 e. The number of thiocarbonyl (C=S) groups is 1. The highest BCUT2D eigenvalue weighted by atomic mass is 35.5. The molecule has 2 N–H and O–H groups in total. The second-order valence-electron chi connectivity index (χ2n) is 6.26. The number of halogens is 2. The highest BCUT2D eigenvalue weighted by Crippen LogP contribution is 2.21. The molecule has 1 aromatic heterocycles. The first-order valence-corrected chi connectivity index (χ1v) is 9.32. The van der Waals surface area contributed by atoms with Crippen LogP contribution >= 0.6 is 23.8 Å². The maximum atomic E-state index is 14.0. The quantitative estimate of drug-likeness (QED) is 0.584. The largest absolute Gasteiger partial charge is 0.356 e. The molecule has 0 saturated carbocycles. The first-order chi connectivity index (χ1) is 12.9. The van der Waals surface area contributed by atoms with Crippen molar-refractivity contribution in [2.24, 2.45) is 0 Å². The highest BCUT2D eigenvalue weighted by molar-refractivity contribution is 7.80. The van der Waals surface area contributed by atoms with Crippen LogP contribution in [0.3, 0.4) is 0 Å². The number of hydrogen-bond acceptors (Lipinski definition) is 2. The van der Waals surface area contributed by atoms with Crippen molar-refractivity contribution in [1.82, 2.24) is 15.1 Å². The van der Waals surface area contributed by atoms with Crippen molar-refractivity contribution >= 4 is 34.7 Å². The van der Waals surface area contributed by atoms with E-state index in [4.69, 9.17) is 23.8 Å². The molecule has 7 heteroatoms. The van der Waals surface area contributed by atoms with Crippen LogP contribution in [0.2, 0.25) is 5.02 Å². The van der Waals surface area contributed by atoms with Gasteiger partial charge in [0.1, 0.15) is 5.82 Å². The van der Waals surface area contributed by atoms with E-state index in [0.717, 1.165) is 11.3 Å². The predicted molar refractivity (Wildman–Crippen MR) is 112 cm³/mol. The van der Waals surface area contributed by atoms with Crippen LogP contribution in [0.25, 0.3) is 0 Å². The van der Waals surface area contributed by atoms with Crippen LogP contribution < -0.4 is 10.6 Å². The van der Waals surface area contributed by atoms with Gasteiger partial charge in [-0.05, 0) is 43.8 Å². The summed E-state index contributed by atoms with van der Waals surface area (Å²) in [5.41, 5.74) is 2.42. The molecule has 140 valence electrons. The summed E-state index contributed by atoms with van der Waals surface area (Å²) in [6.45, 7) is 4.18. The molecular weight excluding hydrogens is 383 g/mol. The first-order valence-electron chi connectivity index (χ1n) is 8.54. The van der Waals surface area contributed by atoms with Crippen molar-refractivity contribution in [3.05, 3.63) is 82.3 Å². The summed E-state index contributed by atoms with van der Waals surface area (Å²) >= 11 is 11.5. The molecule has 1 atom stereocenters. The van der Waals surface area contributed by atoms with Gasteiger partial charge in [0.15, 0.2) is 10.9 Å². The van der Waals surface area contributed by atoms with Crippen molar-refractivity contribution in [3.63, 3.8) is 0 Å². The van der Waals surface area contributed by atoms with E-state index in [1.165, 1.54) is 6.07 Å². The normalized spacial score (nSPS) is 11.9. The summed E-state index contributed by atoms with van der Waals surface area (Å²) in [6, 6.07) is 16.6. The third-order valence-corrected chi connectivity index (χ3v) is 4.81. The lowest BCUT2D eigenvalue weighted by Gasteiger charge is -2.16. The fraction of sp³-hybridized carbons (Fsp3) is 0.200. The van der Waals surface area contributed by atoms with Crippen molar-refractivity contribution in [3.8, 4) is 0 Å². The molecule has 0 aliphatic rings. The Hall–Kier alpha value is -2.44. The van der Waals surface area contributed by atoms with Crippen LogP contribution in [0.15, 0.2) is 54.6 Å². The zero-order chi connectivity index (χ0) is 19.4. The molecule has 0 aliphatic heterocycles. The topological polar surface area (TPSA) is 41.9 Å². The number of hydrogen-bond donors (Lipinski definition) is 2. The van der Waals surface area contributed by atoms with Gasteiger partial charge in [0.05, 0.1) is 12.6 Å². The van der Waals surface area contributed by atoms with Crippen molar-refractivity contribution < 1.29 is 4.39 Å². The molecule has 0 radical (unpaired) electrons. The Morgan fingerprint density at radius 3 is 2.67 bits per heavy atom.